The standard InChI is InChI=1S/C14H29N/c1-11(2)13(4)15-9-8-14-7-5-6-12(3)10-14/h11-15H,5-10H2,1-4H3. The van der Waals surface area contributed by atoms with E-state index in [4.69, 9.17) is 0 Å². The van der Waals surface area contributed by atoms with Gasteiger partial charge in [0.25, 0.3) is 0 Å². The third kappa shape index (κ3) is 5.01. The summed E-state index contributed by atoms with van der Waals surface area (Å²) >= 11 is 0. The Bertz CT molecular complexity index is 165. The lowest BCUT2D eigenvalue weighted by Crippen LogP contribution is -2.32. The zero-order valence-corrected chi connectivity index (χ0v) is 11.1. The number of rotatable bonds is 5. The van der Waals surface area contributed by atoms with Gasteiger partial charge in [-0.25, -0.2) is 0 Å². The van der Waals surface area contributed by atoms with Crippen molar-refractivity contribution in [3.05, 3.63) is 0 Å². The molecule has 90 valence electrons. The minimum atomic E-state index is 0.672. The Morgan fingerprint density at radius 2 is 1.93 bits per heavy atom. The monoisotopic (exact) mass is 211 g/mol. The maximum absolute atomic E-state index is 3.64. The fourth-order valence-electron chi connectivity index (χ4n) is 2.57. The Kier molecular flexibility index (Phi) is 5.66. The molecule has 1 rings (SSSR count). The van der Waals surface area contributed by atoms with Crippen LogP contribution in [0.15, 0.2) is 0 Å². The third-order valence-electron chi connectivity index (χ3n) is 4.06. The zero-order chi connectivity index (χ0) is 11.3. The molecule has 0 aromatic heterocycles. The van der Waals surface area contributed by atoms with Crippen molar-refractivity contribution in [1.29, 1.82) is 0 Å². The lowest BCUT2D eigenvalue weighted by molar-refractivity contribution is 0.262. The predicted octanol–water partition coefficient (Wildman–Crippen LogP) is 3.84. The molecule has 1 fully saturated rings. The van der Waals surface area contributed by atoms with Gasteiger partial charge in [0.2, 0.25) is 0 Å². The second kappa shape index (κ2) is 6.52. The average Bonchev–Trinajstić information content (AvgIpc) is 2.17. The summed E-state index contributed by atoms with van der Waals surface area (Å²) in [7, 11) is 0. The van der Waals surface area contributed by atoms with Gasteiger partial charge in [0.15, 0.2) is 0 Å². The molecular weight excluding hydrogens is 182 g/mol. The Balaban J connectivity index is 2.09. The molecule has 3 atom stereocenters. The second-order valence-electron chi connectivity index (χ2n) is 5.91. The molecule has 15 heavy (non-hydrogen) atoms. The van der Waals surface area contributed by atoms with Crippen LogP contribution in [0.5, 0.6) is 0 Å². The Hall–Kier alpha value is -0.0400. The molecule has 1 nitrogen and oxygen atoms in total. The first-order valence-electron chi connectivity index (χ1n) is 6.83. The summed E-state index contributed by atoms with van der Waals surface area (Å²) in [5.41, 5.74) is 0. The van der Waals surface area contributed by atoms with Gasteiger partial charge >= 0.3 is 0 Å². The summed E-state index contributed by atoms with van der Waals surface area (Å²) in [6, 6.07) is 0.672. The van der Waals surface area contributed by atoms with Crippen molar-refractivity contribution >= 4 is 0 Å². The fraction of sp³-hybridized carbons (Fsp3) is 1.00. The van der Waals surface area contributed by atoms with Crippen LogP contribution in [0.25, 0.3) is 0 Å². The van der Waals surface area contributed by atoms with E-state index >= 15 is 0 Å². The van der Waals surface area contributed by atoms with Crippen molar-refractivity contribution in [3.8, 4) is 0 Å². The molecule has 1 N–H and O–H groups in total. The van der Waals surface area contributed by atoms with Gasteiger partial charge in [0.05, 0.1) is 0 Å². The van der Waals surface area contributed by atoms with E-state index in [1.807, 2.05) is 0 Å². The SMILES string of the molecule is CC1CCCC(CCNC(C)C(C)C)C1. The molecule has 1 saturated carbocycles. The lowest BCUT2D eigenvalue weighted by Gasteiger charge is -2.27. The van der Waals surface area contributed by atoms with E-state index < -0.39 is 0 Å². The first-order chi connectivity index (χ1) is 7.09. The van der Waals surface area contributed by atoms with E-state index in [9.17, 15) is 0 Å². The van der Waals surface area contributed by atoms with Gasteiger partial charge < -0.3 is 5.32 Å². The smallest absolute Gasteiger partial charge is 0.00617 e. The first-order valence-corrected chi connectivity index (χ1v) is 6.83. The summed E-state index contributed by atoms with van der Waals surface area (Å²) < 4.78 is 0. The van der Waals surface area contributed by atoms with Crippen LogP contribution in [0.1, 0.15) is 59.8 Å². The van der Waals surface area contributed by atoms with E-state index in [0.717, 1.165) is 17.8 Å². The van der Waals surface area contributed by atoms with Gasteiger partial charge in [0, 0.05) is 6.04 Å². The first kappa shape index (κ1) is 13.0. The molecule has 0 heterocycles. The van der Waals surface area contributed by atoms with Crippen LogP contribution in [-0.2, 0) is 0 Å². The van der Waals surface area contributed by atoms with Gasteiger partial charge in [-0.1, -0.05) is 40.0 Å². The summed E-state index contributed by atoms with van der Waals surface area (Å²) in [4.78, 5) is 0. The molecule has 1 heteroatoms. The van der Waals surface area contributed by atoms with Crippen LogP contribution in [0.4, 0.5) is 0 Å². The summed E-state index contributed by atoms with van der Waals surface area (Å²) in [5, 5.41) is 3.64. The van der Waals surface area contributed by atoms with E-state index in [1.165, 1.54) is 38.6 Å². The summed E-state index contributed by atoms with van der Waals surface area (Å²) in [6.45, 7) is 10.5. The molecule has 0 aromatic rings. The molecular formula is C14H29N. The normalized spacial score (nSPS) is 29.4. The molecule has 1 aliphatic rings. The van der Waals surface area contributed by atoms with E-state index in [2.05, 4.69) is 33.0 Å². The number of hydrogen-bond acceptors (Lipinski definition) is 1. The van der Waals surface area contributed by atoms with Crippen molar-refractivity contribution in [2.45, 2.75) is 65.8 Å². The maximum Gasteiger partial charge on any atom is 0.00617 e. The fourth-order valence-corrected chi connectivity index (χ4v) is 2.57. The zero-order valence-electron chi connectivity index (χ0n) is 11.1. The van der Waals surface area contributed by atoms with Crippen LogP contribution in [-0.4, -0.2) is 12.6 Å². The van der Waals surface area contributed by atoms with Crippen molar-refractivity contribution in [2.75, 3.05) is 6.54 Å². The summed E-state index contributed by atoms with van der Waals surface area (Å²) in [5.74, 6) is 2.74. The van der Waals surface area contributed by atoms with Crippen molar-refractivity contribution in [1.82, 2.24) is 5.32 Å². The molecule has 1 aliphatic carbocycles. The van der Waals surface area contributed by atoms with Crippen LogP contribution in [0.3, 0.4) is 0 Å². The summed E-state index contributed by atoms with van der Waals surface area (Å²) in [6.07, 6.45) is 7.26. The molecule has 0 spiro atoms. The highest BCUT2D eigenvalue weighted by Crippen LogP contribution is 2.30. The quantitative estimate of drug-likeness (QED) is 0.728. The molecule has 0 aliphatic heterocycles. The van der Waals surface area contributed by atoms with Gasteiger partial charge in [0.1, 0.15) is 0 Å². The minimum absolute atomic E-state index is 0.672. The predicted molar refractivity (Wildman–Crippen MR) is 68.0 cm³/mol. The molecule has 0 bridgehead atoms. The Morgan fingerprint density at radius 1 is 1.20 bits per heavy atom. The van der Waals surface area contributed by atoms with Gasteiger partial charge in [-0.2, -0.15) is 0 Å². The second-order valence-corrected chi connectivity index (χ2v) is 5.91. The largest absolute Gasteiger partial charge is 0.314 e. The Labute approximate surface area is 96.0 Å². The molecule has 0 saturated heterocycles. The van der Waals surface area contributed by atoms with Crippen molar-refractivity contribution in [3.63, 3.8) is 0 Å². The van der Waals surface area contributed by atoms with Crippen LogP contribution in [0.2, 0.25) is 0 Å². The Morgan fingerprint density at radius 3 is 2.53 bits per heavy atom. The highest BCUT2D eigenvalue weighted by molar-refractivity contribution is 4.72. The molecule has 0 amide bonds. The van der Waals surface area contributed by atoms with E-state index in [-0.39, 0.29) is 0 Å². The van der Waals surface area contributed by atoms with Crippen LogP contribution >= 0.6 is 0 Å². The average molecular weight is 211 g/mol. The topological polar surface area (TPSA) is 12.0 Å². The highest BCUT2D eigenvalue weighted by atomic mass is 14.9. The van der Waals surface area contributed by atoms with Gasteiger partial charge in [-0.3, -0.25) is 0 Å². The van der Waals surface area contributed by atoms with Crippen molar-refractivity contribution < 1.29 is 0 Å². The van der Waals surface area contributed by atoms with Gasteiger partial charge in [-0.15, -0.1) is 0 Å². The molecule has 0 radical (unpaired) electrons. The molecule has 3 unspecified atom stereocenters. The highest BCUT2D eigenvalue weighted by Gasteiger charge is 2.18. The number of nitrogens with one attached hydrogen (secondary N) is 1. The van der Waals surface area contributed by atoms with Crippen molar-refractivity contribution in [2.24, 2.45) is 17.8 Å². The lowest BCUT2D eigenvalue weighted by atomic mass is 9.81. The third-order valence-corrected chi connectivity index (χ3v) is 4.06. The van der Waals surface area contributed by atoms with E-state index in [0.29, 0.717) is 6.04 Å². The van der Waals surface area contributed by atoms with E-state index in [1.54, 1.807) is 0 Å². The van der Waals surface area contributed by atoms with Gasteiger partial charge in [-0.05, 0) is 44.1 Å². The number of hydrogen-bond donors (Lipinski definition) is 1. The maximum atomic E-state index is 3.64. The molecule has 0 aromatic carbocycles. The van der Waals surface area contributed by atoms with Crippen LogP contribution in [0, 0.1) is 17.8 Å². The van der Waals surface area contributed by atoms with Crippen LogP contribution < -0.4 is 5.32 Å². The minimum Gasteiger partial charge on any atom is -0.314 e.